The summed E-state index contributed by atoms with van der Waals surface area (Å²) in [7, 11) is 6.44. The Morgan fingerprint density at radius 3 is 1.16 bits per heavy atom. The van der Waals surface area contributed by atoms with Gasteiger partial charge in [0.1, 0.15) is 0 Å². The molecule has 0 aromatic heterocycles. The third-order valence-electron chi connectivity index (χ3n) is 8.51. The lowest BCUT2D eigenvalue weighted by Crippen LogP contribution is -2.26. The maximum absolute atomic E-state index is 5.06. The molecule has 0 bridgehead atoms. The van der Waals surface area contributed by atoms with Crippen molar-refractivity contribution in [1.82, 2.24) is 9.91 Å². The molecule has 262 valence electrons. The van der Waals surface area contributed by atoms with Gasteiger partial charge >= 0.3 is 0 Å². The number of unbranched alkanes of at least 4 members (excludes halogenated alkanes) is 18. The first kappa shape index (κ1) is 43.4. The summed E-state index contributed by atoms with van der Waals surface area (Å²) in [5.74, 6) is 0. The fraction of sp³-hybridized carbons (Fsp3) is 0.786. The van der Waals surface area contributed by atoms with Gasteiger partial charge in [-0.2, -0.15) is 5.10 Å². The second-order valence-electron chi connectivity index (χ2n) is 13.5. The van der Waals surface area contributed by atoms with Gasteiger partial charge in [0.05, 0.1) is 0 Å². The predicted octanol–water partition coefficient (Wildman–Crippen LogP) is 13.2. The average Bonchev–Trinajstić information content (AvgIpc) is 3.03. The highest BCUT2D eigenvalue weighted by Crippen LogP contribution is 2.14. The van der Waals surface area contributed by atoms with Crippen LogP contribution in [0, 0.1) is 0 Å². The van der Waals surface area contributed by atoms with Crippen LogP contribution in [-0.4, -0.2) is 49.9 Å². The molecule has 0 radical (unpaired) electrons. The highest BCUT2D eigenvalue weighted by Gasteiger charge is 2.04. The smallest absolute Gasteiger partial charge is 0.0484 e. The van der Waals surface area contributed by atoms with Crippen LogP contribution < -0.4 is 0 Å². The lowest BCUT2D eigenvalue weighted by Gasteiger charge is -2.18. The molecule has 0 unspecified atom stereocenters. The number of hydrogen-bond donors (Lipinski definition) is 0. The van der Waals surface area contributed by atoms with Crippen LogP contribution in [-0.2, 0) is 0 Å². The van der Waals surface area contributed by atoms with E-state index in [1.54, 1.807) is 0 Å². The summed E-state index contributed by atoms with van der Waals surface area (Å²) in [6, 6.07) is 0. The molecule has 45 heavy (non-hydrogen) atoms. The molecule has 0 aliphatic heterocycles. The summed E-state index contributed by atoms with van der Waals surface area (Å²) >= 11 is 0. The van der Waals surface area contributed by atoms with Crippen LogP contribution >= 0.6 is 0 Å². The predicted molar refractivity (Wildman–Crippen MR) is 207 cm³/mol. The molecule has 0 N–H and O–H groups in total. The van der Waals surface area contributed by atoms with E-state index in [0.29, 0.717) is 0 Å². The normalized spacial score (nSPS) is 12.2. The number of hydrazone groups is 1. The molecule has 0 heterocycles. The molecule has 0 aromatic carbocycles. The van der Waals surface area contributed by atoms with Crippen LogP contribution in [0.15, 0.2) is 53.7 Å². The van der Waals surface area contributed by atoms with E-state index in [1.165, 1.54) is 160 Å². The van der Waals surface area contributed by atoms with Gasteiger partial charge in [-0.3, -0.25) is 5.01 Å². The van der Waals surface area contributed by atoms with Crippen LogP contribution in [0.3, 0.4) is 0 Å². The zero-order valence-corrected chi connectivity index (χ0v) is 31.3. The van der Waals surface area contributed by atoms with E-state index in [0.717, 1.165) is 25.9 Å². The quantitative estimate of drug-likeness (QED) is 0.0306. The lowest BCUT2D eigenvalue weighted by molar-refractivity contribution is 0.291. The van der Waals surface area contributed by atoms with E-state index in [1.807, 2.05) is 0 Å². The molecule has 0 aliphatic carbocycles. The molecule has 0 aliphatic rings. The Bertz CT molecular complexity index is 680. The molecular formula is C42H79N3. The summed E-state index contributed by atoms with van der Waals surface area (Å²) in [6.07, 6.45) is 52.7. The van der Waals surface area contributed by atoms with E-state index >= 15 is 0 Å². The van der Waals surface area contributed by atoms with Crippen LogP contribution in [0.5, 0.6) is 0 Å². The Balaban J connectivity index is 4.01. The van der Waals surface area contributed by atoms with Crippen molar-refractivity contribution in [3.8, 4) is 0 Å². The van der Waals surface area contributed by atoms with Crippen LogP contribution in [0.1, 0.15) is 181 Å². The van der Waals surface area contributed by atoms with Crippen molar-refractivity contribution in [1.29, 1.82) is 0 Å². The fourth-order valence-corrected chi connectivity index (χ4v) is 5.50. The van der Waals surface area contributed by atoms with Crippen LogP contribution in [0.25, 0.3) is 0 Å². The molecule has 3 heteroatoms. The fourth-order valence-electron chi connectivity index (χ4n) is 5.50. The topological polar surface area (TPSA) is 18.8 Å². The van der Waals surface area contributed by atoms with Gasteiger partial charge in [0.15, 0.2) is 0 Å². The maximum Gasteiger partial charge on any atom is 0.0484 e. The Labute approximate surface area is 283 Å². The molecule has 0 aromatic rings. The summed E-state index contributed by atoms with van der Waals surface area (Å²) < 4.78 is 0. The van der Waals surface area contributed by atoms with Crippen molar-refractivity contribution < 1.29 is 0 Å². The molecule has 0 spiro atoms. The third kappa shape index (κ3) is 36.7. The third-order valence-corrected chi connectivity index (χ3v) is 8.51. The first-order chi connectivity index (χ1) is 22.1. The van der Waals surface area contributed by atoms with Gasteiger partial charge in [0.2, 0.25) is 0 Å². The number of allylic oxidation sites excluding steroid dienone is 8. The summed E-state index contributed by atoms with van der Waals surface area (Å²) in [5, 5.41) is 7.24. The number of hydrogen-bond acceptors (Lipinski definition) is 3. The molecule has 3 nitrogen and oxygen atoms in total. The minimum atomic E-state index is 1.00. The number of nitrogens with zero attached hydrogens (tertiary/aromatic N) is 3. The van der Waals surface area contributed by atoms with Gasteiger partial charge in [-0.15, -0.1) is 0 Å². The van der Waals surface area contributed by atoms with Crippen molar-refractivity contribution in [3.63, 3.8) is 0 Å². The standard InChI is InChI=1S/C42H79N3/c1-6-8-10-12-14-16-18-20-22-24-26-28-30-32-34-36-38-42(43-45(5)41-40-44(3)4)39-37-35-33-31-29-27-25-23-21-19-17-15-13-11-9-7-2/h14-17,20-23H,6-13,18-19,24-41H2,1-5H3/b16-14-,17-15-,22-20-,23-21-. The van der Waals surface area contributed by atoms with E-state index in [2.05, 4.69) is 93.5 Å². The Kier molecular flexibility index (Phi) is 35.5. The zero-order chi connectivity index (χ0) is 32.9. The molecule has 0 rings (SSSR count). The molecule has 0 amide bonds. The van der Waals surface area contributed by atoms with Gasteiger partial charge in [0, 0.05) is 25.8 Å². The largest absolute Gasteiger partial charge is 0.308 e. The van der Waals surface area contributed by atoms with Crippen molar-refractivity contribution in [2.45, 2.75) is 181 Å². The maximum atomic E-state index is 5.06. The van der Waals surface area contributed by atoms with E-state index < -0.39 is 0 Å². The monoisotopic (exact) mass is 626 g/mol. The van der Waals surface area contributed by atoms with Crippen molar-refractivity contribution >= 4 is 5.71 Å². The molecule has 0 fully saturated rings. The molecular weight excluding hydrogens is 546 g/mol. The first-order valence-electron chi connectivity index (χ1n) is 19.6. The van der Waals surface area contributed by atoms with Crippen molar-refractivity contribution in [2.24, 2.45) is 5.10 Å². The van der Waals surface area contributed by atoms with Gasteiger partial charge in [-0.1, -0.05) is 140 Å². The lowest BCUT2D eigenvalue weighted by atomic mass is 10.0. The molecule has 0 saturated carbocycles. The molecule has 0 atom stereocenters. The summed E-state index contributed by atoms with van der Waals surface area (Å²) in [5.41, 5.74) is 1.44. The van der Waals surface area contributed by atoms with Crippen LogP contribution in [0.4, 0.5) is 0 Å². The summed E-state index contributed by atoms with van der Waals surface area (Å²) in [6.45, 7) is 6.60. The Morgan fingerprint density at radius 1 is 0.422 bits per heavy atom. The Hall–Kier alpha value is -1.61. The number of likely N-dealkylation sites (N-methyl/N-ethyl adjacent to an activating group) is 2. The second kappa shape index (κ2) is 36.9. The van der Waals surface area contributed by atoms with Crippen molar-refractivity contribution in [3.05, 3.63) is 48.6 Å². The second-order valence-corrected chi connectivity index (χ2v) is 13.5. The summed E-state index contributed by atoms with van der Waals surface area (Å²) in [4.78, 5) is 2.25. The highest BCUT2D eigenvalue weighted by atomic mass is 15.4. The van der Waals surface area contributed by atoms with Gasteiger partial charge in [-0.05, 0) is 104 Å². The van der Waals surface area contributed by atoms with E-state index in [9.17, 15) is 0 Å². The van der Waals surface area contributed by atoms with E-state index in [-0.39, 0.29) is 0 Å². The first-order valence-corrected chi connectivity index (χ1v) is 19.6. The van der Waals surface area contributed by atoms with Gasteiger partial charge < -0.3 is 4.90 Å². The highest BCUT2D eigenvalue weighted by molar-refractivity contribution is 5.84. The average molecular weight is 626 g/mol. The van der Waals surface area contributed by atoms with Crippen molar-refractivity contribution in [2.75, 3.05) is 34.2 Å². The SMILES string of the molecule is CCCCC/C=C\C/C=C\CCCCCCCCC(CCCCCCCC/C=C\C/C=C\CCCCC)=NN(C)CCN(C)C. The Morgan fingerprint density at radius 2 is 0.778 bits per heavy atom. The minimum Gasteiger partial charge on any atom is -0.308 e. The van der Waals surface area contributed by atoms with Crippen LogP contribution in [0.2, 0.25) is 0 Å². The minimum absolute atomic E-state index is 1.00. The van der Waals surface area contributed by atoms with Gasteiger partial charge in [-0.25, -0.2) is 0 Å². The zero-order valence-electron chi connectivity index (χ0n) is 31.3. The molecule has 0 saturated heterocycles. The van der Waals surface area contributed by atoms with E-state index in [4.69, 9.17) is 5.10 Å². The van der Waals surface area contributed by atoms with Gasteiger partial charge in [0.25, 0.3) is 0 Å². The number of rotatable bonds is 34.